The third-order valence-corrected chi connectivity index (χ3v) is 4.98. The van der Waals surface area contributed by atoms with Gasteiger partial charge >= 0.3 is 0 Å². The SMILES string of the molecule is O=C(Cc1ccccc1)NNC(=S)NC(=O)COc1ccc2ccccc2c1Br. The normalized spacial score (nSPS) is 10.2. The Kier molecular flexibility index (Phi) is 7.15. The number of ether oxygens (including phenoxy) is 1. The zero-order chi connectivity index (χ0) is 20.6. The second kappa shape index (κ2) is 9.99. The fraction of sp³-hybridized carbons (Fsp3) is 0.0952. The van der Waals surface area contributed by atoms with Crippen molar-refractivity contribution < 1.29 is 14.3 Å². The smallest absolute Gasteiger partial charge is 0.264 e. The fourth-order valence-corrected chi connectivity index (χ4v) is 3.39. The van der Waals surface area contributed by atoms with Crippen LogP contribution in [0.5, 0.6) is 5.75 Å². The van der Waals surface area contributed by atoms with Gasteiger partial charge in [0.1, 0.15) is 5.75 Å². The molecule has 0 bridgehead atoms. The first-order chi connectivity index (χ1) is 14.0. The van der Waals surface area contributed by atoms with E-state index in [1.807, 2.05) is 60.7 Å². The van der Waals surface area contributed by atoms with Crippen LogP contribution in [0.15, 0.2) is 71.2 Å². The lowest BCUT2D eigenvalue weighted by Crippen LogP contribution is -2.49. The second-order valence-corrected chi connectivity index (χ2v) is 7.30. The lowest BCUT2D eigenvalue weighted by molar-refractivity contribution is -0.122. The third kappa shape index (κ3) is 6.00. The molecule has 148 valence electrons. The summed E-state index contributed by atoms with van der Waals surface area (Å²) in [6.07, 6.45) is 0.198. The molecule has 3 N–H and O–H groups in total. The summed E-state index contributed by atoms with van der Waals surface area (Å²) in [5.41, 5.74) is 5.82. The van der Waals surface area contributed by atoms with Gasteiger partial charge in [-0.2, -0.15) is 0 Å². The minimum Gasteiger partial charge on any atom is -0.483 e. The Morgan fingerprint density at radius 1 is 0.897 bits per heavy atom. The molecule has 8 heteroatoms. The number of benzene rings is 3. The van der Waals surface area contributed by atoms with Crippen LogP contribution in [0.1, 0.15) is 5.56 Å². The van der Waals surface area contributed by atoms with Crippen LogP contribution in [0.25, 0.3) is 10.8 Å². The van der Waals surface area contributed by atoms with Crippen LogP contribution in [0.4, 0.5) is 0 Å². The molecule has 6 nitrogen and oxygen atoms in total. The molecule has 2 amide bonds. The van der Waals surface area contributed by atoms with Crippen LogP contribution in [-0.4, -0.2) is 23.5 Å². The number of amides is 2. The van der Waals surface area contributed by atoms with Crippen molar-refractivity contribution in [3.8, 4) is 5.75 Å². The number of halogens is 1. The maximum atomic E-state index is 12.0. The Balaban J connectivity index is 1.44. The average Bonchev–Trinajstić information content (AvgIpc) is 2.73. The Hall–Kier alpha value is -2.97. The highest BCUT2D eigenvalue weighted by Gasteiger charge is 2.10. The van der Waals surface area contributed by atoms with Gasteiger partial charge in [0, 0.05) is 0 Å². The molecule has 0 saturated heterocycles. The minimum absolute atomic E-state index is 0.0161. The predicted octanol–water partition coefficient (Wildman–Crippen LogP) is 3.25. The molecule has 0 aliphatic carbocycles. The first kappa shape index (κ1) is 20.8. The van der Waals surface area contributed by atoms with Crippen molar-refractivity contribution in [1.82, 2.24) is 16.2 Å². The van der Waals surface area contributed by atoms with Crippen LogP contribution in [0.3, 0.4) is 0 Å². The van der Waals surface area contributed by atoms with Gasteiger partial charge in [0.15, 0.2) is 11.7 Å². The summed E-state index contributed by atoms with van der Waals surface area (Å²) in [5.74, 6) is -0.169. The van der Waals surface area contributed by atoms with Crippen molar-refractivity contribution in [3.05, 3.63) is 76.8 Å². The highest BCUT2D eigenvalue weighted by molar-refractivity contribution is 9.10. The molecule has 0 unspecified atom stereocenters. The van der Waals surface area contributed by atoms with E-state index in [9.17, 15) is 9.59 Å². The zero-order valence-electron chi connectivity index (χ0n) is 15.3. The van der Waals surface area contributed by atoms with Crippen molar-refractivity contribution in [2.24, 2.45) is 0 Å². The fourth-order valence-electron chi connectivity index (χ4n) is 2.61. The van der Waals surface area contributed by atoms with Gasteiger partial charge in [0.25, 0.3) is 5.91 Å². The molecule has 0 spiro atoms. The number of nitrogens with one attached hydrogen (secondary N) is 3. The topological polar surface area (TPSA) is 79.5 Å². The molecule has 0 atom stereocenters. The van der Waals surface area contributed by atoms with E-state index in [0.717, 1.165) is 20.8 Å². The van der Waals surface area contributed by atoms with Gasteiger partial charge in [-0.1, -0.05) is 60.7 Å². The van der Waals surface area contributed by atoms with Crippen LogP contribution in [0, 0.1) is 0 Å². The Morgan fingerprint density at radius 3 is 2.41 bits per heavy atom. The van der Waals surface area contributed by atoms with E-state index >= 15 is 0 Å². The molecule has 0 heterocycles. The molecule has 0 radical (unpaired) electrons. The lowest BCUT2D eigenvalue weighted by atomic mass is 10.1. The Bertz CT molecular complexity index is 1040. The van der Waals surface area contributed by atoms with Crippen molar-refractivity contribution >= 4 is 55.8 Å². The molecule has 3 aromatic carbocycles. The van der Waals surface area contributed by atoms with Crippen molar-refractivity contribution in [3.63, 3.8) is 0 Å². The highest BCUT2D eigenvalue weighted by atomic mass is 79.9. The predicted molar refractivity (Wildman–Crippen MR) is 119 cm³/mol. The van der Waals surface area contributed by atoms with E-state index in [0.29, 0.717) is 5.75 Å². The summed E-state index contributed by atoms with van der Waals surface area (Å²) in [7, 11) is 0. The number of hydrogen-bond acceptors (Lipinski definition) is 4. The zero-order valence-corrected chi connectivity index (χ0v) is 17.7. The molecule has 3 aromatic rings. The molecule has 3 rings (SSSR count). The van der Waals surface area contributed by atoms with Crippen LogP contribution in [-0.2, 0) is 16.0 Å². The van der Waals surface area contributed by atoms with Crippen LogP contribution >= 0.6 is 28.1 Å². The lowest BCUT2D eigenvalue weighted by Gasteiger charge is -2.12. The van der Waals surface area contributed by atoms with Gasteiger partial charge in [-0.05, 0) is 50.6 Å². The summed E-state index contributed by atoms with van der Waals surface area (Å²) >= 11 is 8.52. The molecule has 29 heavy (non-hydrogen) atoms. The number of rotatable bonds is 5. The van der Waals surface area contributed by atoms with Gasteiger partial charge < -0.3 is 4.74 Å². The quantitative estimate of drug-likeness (QED) is 0.393. The first-order valence-electron chi connectivity index (χ1n) is 8.75. The van der Waals surface area contributed by atoms with E-state index in [1.165, 1.54) is 0 Å². The van der Waals surface area contributed by atoms with E-state index in [4.69, 9.17) is 17.0 Å². The van der Waals surface area contributed by atoms with Gasteiger partial charge in [0.05, 0.1) is 10.9 Å². The van der Waals surface area contributed by atoms with Crippen molar-refractivity contribution in [1.29, 1.82) is 0 Å². The summed E-state index contributed by atoms with van der Waals surface area (Å²) < 4.78 is 6.35. The number of fused-ring (bicyclic) bond motifs is 1. The first-order valence-corrected chi connectivity index (χ1v) is 9.95. The van der Waals surface area contributed by atoms with Gasteiger partial charge in [-0.3, -0.25) is 25.8 Å². The molecule has 0 fully saturated rings. The van der Waals surface area contributed by atoms with E-state index in [1.54, 1.807) is 6.07 Å². The molecular formula is C21H18BrN3O3S. The number of carbonyl (C=O) groups excluding carboxylic acids is 2. The number of hydrazine groups is 1. The van der Waals surface area contributed by atoms with E-state index < -0.39 is 5.91 Å². The molecule has 0 aromatic heterocycles. The minimum atomic E-state index is -0.445. The summed E-state index contributed by atoms with van der Waals surface area (Å²) in [6.45, 7) is -0.225. The largest absolute Gasteiger partial charge is 0.483 e. The molecule has 0 saturated carbocycles. The Morgan fingerprint density at radius 2 is 1.62 bits per heavy atom. The van der Waals surface area contributed by atoms with Gasteiger partial charge in [0.2, 0.25) is 5.91 Å². The standard InChI is InChI=1S/C21H18BrN3O3S/c22-20-16-9-5-4-8-15(16)10-11-17(20)28-13-19(27)23-21(29)25-24-18(26)12-14-6-2-1-3-7-14/h1-11H,12-13H2,(H,24,26)(H2,23,25,27,29). The molecule has 0 aliphatic rings. The van der Waals surface area contributed by atoms with Crippen LogP contribution in [0.2, 0.25) is 0 Å². The number of thiocarbonyl (C=S) groups is 1. The maximum absolute atomic E-state index is 12.0. The number of hydrogen-bond donors (Lipinski definition) is 3. The van der Waals surface area contributed by atoms with E-state index in [2.05, 4.69) is 32.1 Å². The second-order valence-electron chi connectivity index (χ2n) is 6.10. The molecular weight excluding hydrogens is 454 g/mol. The monoisotopic (exact) mass is 471 g/mol. The summed E-state index contributed by atoms with van der Waals surface area (Å²) in [5, 5.41) is 4.49. The maximum Gasteiger partial charge on any atom is 0.264 e. The Labute approximate surface area is 181 Å². The van der Waals surface area contributed by atoms with Gasteiger partial charge in [-0.25, -0.2) is 0 Å². The van der Waals surface area contributed by atoms with Gasteiger partial charge in [-0.15, -0.1) is 0 Å². The molecule has 0 aliphatic heterocycles. The highest BCUT2D eigenvalue weighted by Crippen LogP contribution is 2.32. The van der Waals surface area contributed by atoms with Crippen LogP contribution < -0.4 is 20.9 Å². The summed E-state index contributed by atoms with van der Waals surface area (Å²) in [4.78, 5) is 23.9. The summed E-state index contributed by atoms with van der Waals surface area (Å²) in [6, 6.07) is 20.8. The van der Waals surface area contributed by atoms with Crippen molar-refractivity contribution in [2.75, 3.05) is 6.61 Å². The average molecular weight is 472 g/mol. The van der Waals surface area contributed by atoms with E-state index in [-0.39, 0.29) is 24.0 Å². The third-order valence-electron chi connectivity index (χ3n) is 3.96. The van der Waals surface area contributed by atoms with Crippen molar-refractivity contribution in [2.45, 2.75) is 6.42 Å². The number of carbonyl (C=O) groups is 2.